The van der Waals surface area contributed by atoms with Gasteiger partial charge in [0.25, 0.3) is 5.91 Å². The summed E-state index contributed by atoms with van der Waals surface area (Å²) in [6.45, 7) is 5.57. The van der Waals surface area contributed by atoms with Crippen LogP contribution in [0.1, 0.15) is 42.4 Å². The predicted molar refractivity (Wildman–Crippen MR) is 72.1 cm³/mol. The smallest absolute Gasteiger partial charge is 0.323 e. The van der Waals surface area contributed by atoms with E-state index >= 15 is 0 Å². The SMILES string of the molecule is CCc1ccsc1C(=O)N(CC(=O)O)C(C)CC. The largest absolute Gasteiger partial charge is 0.480 e. The number of carbonyl (C=O) groups excluding carboxylic acids is 1. The highest BCUT2D eigenvalue weighted by Crippen LogP contribution is 2.21. The Morgan fingerprint density at radius 1 is 1.44 bits per heavy atom. The molecule has 1 amide bonds. The van der Waals surface area contributed by atoms with E-state index in [0.717, 1.165) is 18.4 Å². The van der Waals surface area contributed by atoms with Gasteiger partial charge in [0, 0.05) is 6.04 Å². The van der Waals surface area contributed by atoms with Gasteiger partial charge in [-0.1, -0.05) is 13.8 Å². The lowest BCUT2D eigenvalue weighted by Crippen LogP contribution is -2.41. The molecule has 4 nitrogen and oxygen atoms in total. The molecule has 0 saturated heterocycles. The Bertz CT molecular complexity index is 428. The van der Waals surface area contributed by atoms with E-state index in [2.05, 4.69) is 0 Å². The molecule has 0 aromatic carbocycles. The third kappa shape index (κ3) is 3.32. The molecule has 1 aromatic heterocycles. The summed E-state index contributed by atoms with van der Waals surface area (Å²) in [4.78, 5) is 25.4. The zero-order chi connectivity index (χ0) is 13.7. The molecule has 1 N–H and O–H groups in total. The first-order valence-electron chi connectivity index (χ1n) is 6.10. The predicted octanol–water partition coefficient (Wildman–Crippen LogP) is 2.64. The Hall–Kier alpha value is -1.36. The van der Waals surface area contributed by atoms with Gasteiger partial charge in [-0.25, -0.2) is 0 Å². The summed E-state index contributed by atoms with van der Waals surface area (Å²) < 4.78 is 0. The van der Waals surface area contributed by atoms with Crippen LogP contribution in [-0.4, -0.2) is 34.5 Å². The minimum atomic E-state index is -0.974. The maximum atomic E-state index is 12.4. The molecule has 1 rings (SSSR count). The molecule has 5 heteroatoms. The number of thiophene rings is 1. The number of aliphatic carboxylic acids is 1. The van der Waals surface area contributed by atoms with Crippen molar-refractivity contribution >= 4 is 23.2 Å². The average molecular weight is 269 g/mol. The van der Waals surface area contributed by atoms with Crippen LogP contribution in [0.5, 0.6) is 0 Å². The zero-order valence-corrected chi connectivity index (χ0v) is 11.8. The second-order valence-corrected chi connectivity index (χ2v) is 5.13. The van der Waals surface area contributed by atoms with Crippen LogP contribution in [0.4, 0.5) is 0 Å². The van der Waals surface area contributed by atoms with Gasteiger partial charge >= 0.3 is 5.97 Å². The van der Waals surface area contributed by atoms with Crippen molar-refractivity contribution in [1.29, 1.82) is 0 Å². The molecule has 0 aliphatic heterocycles. The Morgan fingerprint density at radius 3 is 2.61 bits per heavy atom. The third-order valence-corrected chi connectivity index (χ3v) is 3.96. The first-order valence-corrected chi connectivity index (χ1v) is 6.98. The molecule has 0 fully saturated rings. The van der Waals surface area contributed by atoms with E-state index in [4.69, 9.17) is 5.11 Å². The highest BCUT2D eigenvalue weighted by molar-refractivity contribution is 7.12. The van der Waals surface area contributed by atoms with Crippen LogP contribution in [0.15, 0.2) is 11.4 Å². The minimum Gasteiger partial charge on any atom is -0.480 e. The standard InChI is InChI=1S/C13H19NO3S/c1-4-9(3)14(8-11(15)16)13(17)12-10(5-2)6-7-18-12/h6-7,9H,4-5,8H2,1-3H3,(H,15,16). The van der Waals surface area contributed by atoms with Crippen LogP contribution >= 0.6 is 11.3 Å². The molecular weight excluding hydrogens is 250 g/mol. The summed E-state index contributed by atoms with van der Waals surface area (Å²) in [6.07, 6.45) is 1.53. The van der Waals surface area contributed by atoms with E-state index in [-0.39, 0.29) is 18.5 Å². The summed E-state index contributed by atoms with van der Waals surface area (Å²) in [5.41, 5.74) is 0.990. The highest BCUT2D eigenvalue weighted by Gasteiger charge is 2.25. The van der Waals surface area contributed by atoms with Crippen molar-refractivity contribution in [2.24, 2.45) is 0 Å². The van der Waals surface area contributed by atoms with Gasteiger partial charge in [-0.05, 0) is 36.8 Å². The van der Waals surface area contributed by atoms with Gasteiger partial charge in [0.05, 0.1) is 4.88 Å². The molecule has 100 valence electrons. The van der Waals surface area contributed by atoms with E-state index < -0.39 is 5.97 Å². The lowest BCUT2D eigenvalue weighted by molar-refractivity contribution is -0.138. The fourth-order valence-corrected chi connectivity index (χ4v) is 2.68. The van der Waals surface area contributed by atoms with Crippen molar-refractivity contribution in [3.05, 3.63) is 21.9 Å². The van der Waals surface area contributed by atoms with E-state index in [1.54, 1.807) is 0 Å². The lowest BCUT2D eigenvalue weighted by Gasteiger charge is -2.26. The van der Waals surface area contributed by atoms with Gasteiger partial charge in [0.2, 0.25) is 0 Å². The van der Waals surface area contributed by atoms with Crippen molar-refractivity contribution in [2.75, 3.05) is 6.54 Å². The Labute approximate surface area is 111 Å². The van der Waals surface area contributed by atoms with Crippen molar-refractivity contribution in [1.82, 2.24) is 4.90 Å². The number of carboxylic acid groups (broad SMARTS) is 1. The molecule has 1 aromatic rings. The van der Waals surface area contributed by atoms with E-state index in [9.17, 15) is 9.59 Å². The third-order valence-electron chi connectivity index (χ3n) is 3.01. The number of aryl methyl sites for hydroxylation is 1. The molecule has 0 radical (unpaired) electrons. The number of amides is 1. The molecule has 0 aliphatic rings. The molecule has 0 saturated carbocycles. The van der Waals surface area contributed by atoms with Gasteiger partial charge in [-0.15, -0.1) is 11.3 Å². The van der Waals surface area contributed by atoms with E-state index in [0.29, 0.717) is 4.88 Å². The Morgan fingerprint density at radius 2 is 2.11 bits per heavy atom. The molecule has 18 heavy (non-hydrogen) atoms. The number of nitrogens with zero attached hydrogens (tertiary/aromatic N) is 1. The van der Waals surface area contributed by atoms with Gasteiger partial charge in [-0.2, -0.15) is 0 Å². The Kier molecular flexibility index (Phi) is 5.34. The van der Waals surface area contributed by atoms with Gasteiger partial charge in [0.15, 0.2) is 0 Å². The summed E-state index contributed by atoms with van der Waals surface area (Å²) >= 11 is 1.38. The normalized spacial score (nSPS) is 12.2. The number of hydrogen-bond donors (Lipinski definition) is 1. The van der Waals surface area contributed by atoms with Crippen LogP contribution in [0.3, 0.4) is 0 Å². The fourth-order valence-electron chi connectivity index (χ4n) is 1.73. The molecule has 0 aliphatic carbocycles. The second-order valence-electron chi connectivity index (χ2n) is 4.21. The lowest BCUT2D eigenvalue weighted by atomic mass is 10.1. The quantitative estimate of drug-likeness (QED) is 0.863. The molecule has 0 bridgehead atoms. The number of hydrogen-bond acceptors (Lipinski definition) is 3. The first kappa shape index (κ1) is 14.7. The van der Waals surface area contributed by atoms with Gasteiger partial charge in [-0.3, -0.25) is 9.59 Å². The van der Waals surface area contributed by atoms with E-state index in [1.807, 2.05) is 32.2 Å². The highest BCUT2D eigenvalue weighted by atomic mass is 32.1. The molecule has 0 spiro atoms. The summed E-state index contributed by atoms with van der Waals surface area (Å²) in [5, 5.41) is 10.8. The minimum absolute atomic E-state index is 0.0691. The first-order chi connectivity index (χ1) is 8.51. The fraction of sp³-hybridized carbons (Fsp3) is 0.538. The van der Waals surface area contributed by atoms with Crippen LogP contribution in [0.2, 0.25) is 0 Å². The topological polar surface area (TPSA) is 57.6 Å². The van der Waals surface area contributed by atoms with E-state index in [1.165, 1.54) is 16.2 Å². The summed E-state index contributed by atoms with van der Waals surface area (Å²) in [7, 11) is 0. The van der Waals surface area contributed by atoms with Crippen molar-refractivity contribution in [2.45, 2.75) is 39.7 Å². The summed E-state index contributed by atoms with van der Waals surface area (Å²) in [6, 6.07) is 1.85. The maximum absolute atomic E-state index is 12.4. The number of carboxylic acids is 1. The van der Waals surface area contributed by atoms with Crippen LogP contribution in [0.25, 0.3) is 0 Å². The van der Waals surface area contributed by atoms with Crippen molar-refractivity contribution in [3.63, 3.8) is 0 Å². The second kappa shape index (κ2) is 6.54. The van der Waals surface area contributed by atoms with Crippen molar-refractivity contribution < 1.29 is 14.7 Å². The molecule has 1 heterocycles. The van der Waals surface area contributed by atoms with Gasteiger partial charge in [0.1, 0.15) is 6.54 Å². The van der Waals surface area contributed by atoms with Crippen LogP contribution in [-0.2, 0) is 11.2 Å². The summed E-state index contributed by atoms with van der Waals surface area (Å²) in [5.74, 6) is -1.14. The Balaban J connectivity index is 2.98. The molecular formula is C13H19NO3S. The van der Waals surface area contributed by atoms with Gasteiger partial charge < -0.3 is 10.0 Å². The maximum Gasteiger partial charge on any atom is 0.323 e. The van der Waals surface area contributed by atoms with Crippen LogP contribution < -0.4 is 0 Å². The number of carbonyl (C=O) groups is 2. The molecule has 1 unspecified atom stereocenters. The van der Waals surface area contributed by atoms with Crippen LogP contribution in [0, 0.1) is 0 Å². The molecule has 1 atom stereocenters. The van der Waals surface area contributed by atoms with Crippen molar-refractivity contribution in [3.8, 4) is 0 Å². The monoisotopic (exact) mass is 269 g/mol. The average Bonchev–Trinajstić information content (AvgIpc) is 2.82. The number of rotatable bonds is 6. The zero-order valence-electron chi connectivity index (χ0n) is 11.0.